The fourth-order valence-corrected chi connectivity index (χ4v) is 10.2. The summed E-state index contributed by atoms with van der Waals surface area (Å²) in [5.41, 5.74) is 6.90. The largest absolute Gasteiger partial charge is 0.491 e. The Labute approximate surface area is 306 Å². The number of anilines is 1. The van der Waals surface area contributed by atoms with Crippen LogP contribution in [0.1, 0.15) is 97.8 Å². The Bertz CT molecular complexity index is 1700. The molecule has 0 radical (unpaired) electrons. The van der Waals surface area contributed by atoms with Crippen LogP contribution in [0.4, 0.5) is 5.69 Å². The number of carbonyl (C=O) groups is 1. The zero-order valence-corrected chi connectivity index (χ0v) is 31.5. The molecule has 0 saturated heterocycles. The maximum Gasteiger partial charge on any atom is 0.263 e. The van der Waals surface area contributed by atoms with E-state index in [0.29, 0.717) is 29.9 Å². The van der Waals surface area contributed by atoms with Gasteiger partial charge in [0.05, 0.1) is 17.5 Å². The molecule has 9 heteroatoms. The van der Waals surface area contributed by atoms with Gasteiger partial charge in [-0.25, -0.2) is 4.21 Å². The minimum atomic E-state index is -1.48. The smallest absolute Gasteiger partial charge is 0.263 e. The SMILES string of the molecule is CCCc1cc(Cl)ccc1C1COc2ccc3cc2N(C1)CC1CCC1C(CN1CCc2ccncc2C1)CCCC(C)C(C)S(=O)NC3=O. The van der Waals surface area contributed by atoms with Crippen molar-refractivity contribution >= 4 is 34.2 Å². The first kappa shape index (κ1) is 35.5. The summed E-state index contributed by atoms with van der Waals surface area (Å²) in [5.74, 6) is 2.74. The van der Waals surface area contributed by atoms with Crippen LogP contribution in [0.25, 0.3) is 0 Å². The quantitative estimate of drug-likeness (QED) is 0.289. The second kappa shape index (κ2) is 15.7. The topological polar surface area (TPSA) is 74.8 Å². The van der Waals surface area contributed by atoms with Crippen molar-refractivity contribution in [2.45, 2.75) is 89.9 Å². The van der Waals surface area contributed by atoms with Gasteiger partial charge in [-0.1, -0.05) is 44.4 Å². The summed E-state index contributed by atoms with van der Waals surface area (Å²) < 4.78 is 22.9. The van der Waals surface area contributed by atoms with Crippen LogP contribution in [0.3, 0.4) is 0 Å². The lowest BCUT2D eigenvalue weighted by Gasteiger charge is -2.46. The third-order valence-electron chi connectivity index (χ3n) is 12.2. The molecular weight excluding hydrogens is 664 g/mol. The Morgan fingerprint density at radius 1 is 1.04 bits per heavy atom. The van der Waals surface area contributed by atoms with Crippen LogP contribution in [0.2, 0.25) is 5.02 Å². The maximum absolute atomic E-state index is 13.5. The first-order valence-corrected chi connectivity index (χ1v) is 20.5. The van der Waals surface area contributed by atoms with E-state index in [4.69, 9.17) is 16.3 Å². The molecule has 7 nitrogen and oxygen atoms in total. The van der Waals surface area contributed by atoms with Crippen molar-refractivity contribution < 1.29 is 13.7 Å². The summed E-state index contributed by atoms with van der Waals surface area (Å²) >= 11 is 6.49. The molecule has 4 aliphatic rings. The molecule has 1 aliphatic carbocycles. The number of nitrogens with one attached hydrogen (secondary N) is 1. The number of aryl methyl sites for hydroxylation is 1. The lowest BCUT2D eigenvalue weighted by molar-refractivity contribution is 0.0657. The van der Waals surface area contributed by atoms with Gasteiger partial charge in [0.2, 0.25) is 0 Å². The molecular formula is C41H53ClN4O3S. The molecule has 3 aliphatic heterocycles. The molecule has 1 N–H and O–H groups in total. The molecule has 7 unspecified atom stereocenters. The van der Waals surface area contributed by atoms with Crippen LogP contribution in [0, 0.1) is 23.7 Å². The zero-order valence-electron chi connectivity index (χ0n) is 29.9. The van der Waals surface area contributed by atoms with E-state index in [9.17, 15) is 9.00 Å². The molecule has 2 aromatic carbocycles. The number of rotatable bonds is 5. The van der Waals surface area contributed by atoms with Gasteiger partial charge < -0.3 is 9.64 Å². The summed E-state index contributed by atoms with van der Waals surface area (Å²) in [4.78, 5) is 23.2. The number of ether oxygens (including phenoxy) is 1. The number of nitrogens with zero attached hydrogens (tertiary/aromatic N) is 3. The van der Waals surface area contributed by atoms with E-state index in [-0.39, 0.29) is 23.0 Å². The van der Waals surface area contributed by atoms with Gasteiger partial charge in [0, 0.05) is 61.6 Å². The van der Waals surface area contributed by atoms with E-state index < -0.39 is 11.0 Å². The first-order chi connectivity index (χ1) is 24.3. The second-order valence-corrected chi connectivity index (χ2v) is 17.4. The maximum atomic E-state index is 13.5. The van der Waals surface area contributed by atoms with E-state index in [2.05, 4.69) is 57.7 Å². The van der Waals surface area contributed by atoms with Crippen molar-refractivity contribution in [3.63, 3.8) is 0 Å². The van der Waals surface area contributed by atoms with Crippen LogP contribution in [0.15, 0.2) is 54.9 Å². The Kier molecular flexibility index (Phi) is 11.2. The normalized spacial score (nSPS) is 29.1. The van der Waals surface area contributed by atoms with Crippen LogP contribution < -0.4 is 14.4 Å². The summed E-state index contributed by atoms with van der Waals surface area (Å²) in [6.07, 6.45) is 12.9. The van der Waals surface area contributed by atoms with E-state index in [1.54, 1.807) is 0 Å². The van der Waals surface area contributed by atoms with Gasteiger partial charge in [0.1, 0.15) is 16.7 Å². The van der Waals surface area contributed by atoms with Gasteiger partial charge >= 0.3 is 0 Å². The Hall–Kier alpha value is -2.94. The molecule has 7 atom stereocenters. The number of benzene rings is 2. The highest BCUT2D eigenvalue weighted by molar-refractivity contribution is 7.84. The van der Waals surface area contributed by atoms with Crippen LogP contribution in [-0.2, 0) is 30.4 Å². The molecule has 50 heavy (non-hydrogen) atoms. The average molecular weight is 717 g/mol. The number of carbonyl (C=O) groups excluding carboxylic acids is 1. The van der Waals surface area contributed by atoms with Crippen molar-refractivity contribution in [2.24, 2.45) is 23.7 Å². The number of fused-ring (bicyclic) bond motifs is 3. The third kappa shape index (κ3) is 7.78. The molecule has 7 rings (SSSR count). The molecule has 4 heterocycles. The van der Waals surface area contributed by atoms with Crippen molar-refractivity contribution in [1.82, 2.24) is 14.6 Å². The minimum absolute atomic E-state index is 0.133. The Morgan fingerprint density at radius 2 is 1.92 bits per heavy atom. The number of halogens is 1. The Balaban J connectivity index is 1.21. The van der Waals surface area contributed by atoms with E-state index >= 15 is 0 Å². The summed E-state index contributed by atoms with van der Waals surface area (Å²) in [6, 6.07) is 14.2. The molecule has 1 amide bonds. The summed E-state index contributed by atoms with van der Waals surface area (Å²) in [6.45, 7) is 11.9. The minimum Gasteiger partial charge on any atom is -0.491 e. The van der Waals surface area contributed by atoms with Crippen molar-refractivity contribution in [1.29, 1.82) is 0 Å². The van der Waals surface area contributed by atoms with Gasteiger partial charge in [-0.05, 0) is 128 Å². The van der Waals surface area contributed by atoms with E-state index in [1.807, 2.05) is 37.4 Å². The fraction of sp³-hybridized carbons (Fsp3) is 0.561. The molecule has 1 fully saturated rings. The molecule has 0 spiro atoms. The van der Waals surface area contributed by atoms with E-state index in [1.165, 1.54) is 41.5 Å². The highest BCUT2D eigenvalue weighted by Crippen LogP contribution is 2.46. The summed E-state index contributed by atoms with van der Waals surface area (Å²) in [7, 11) is -1.48. The molecule has 3 aromatic rings. The average Bonchev–Trinajstić information content (AvgIpc) is 3.28. The van der Waals surface area contributed by atoms with E-state index in [0.717, 1.165) is 81.3 Å². The summed E-state index contributed by atoms with van der Waals surface area (Å²) in [5, 5.41) is 0.638. The highest BCUT2D eigenvalue weighted by atomic mass is 35.5. The number of amides is 1. The molecule has 1 aromatic heterocycles. The van der Waals surface area contributed by atoms with Gasteiger partial charge in [-0.15, -0.1) is 0 Å². The predicted molar refractivity (Wildman–Crippen MR) is 203 cm³/mol. The second-order valence-electron chi connectivity index (χ2n) is 15.4. The first-order valence-electron chi connectivity index (χ1n) is 18.9. The number of pyridine rings is 1. The van der Waals surface area contributed by atoms with Gasteiger partial charge in [-0.2, -0.15) is 0 Å². The Morgan fingerprint density at radius 3 is 2.74 bits per heavy atom. The van der Waals surface area contributed by atoms with Gasteiger partial charge in [0.15, 0.2) is 0 Å². The van der Waals surface area contributed by atoms with Crippen molar-refractivity contribution in [3.05, 3.63) is 87.7 Å². The predicted octanol–water partition coefficient (Wildman–Crippen LogP) is 7.97. The van der Waals surface area contributed by atoms with Crippen LogP contribution in [0.5, 0.6) is 5.75 Å². The fourth-order valence-electron chi connectivity index (χ4n) is 8.94. The number of hydrogen-bond donors (Lipinski definition) is 1. The van der Waals surface area contributed by atoms with Crippen LogP contribution in [-0.4, -0.2) is 58.0 Å². The lowest BCUT2D eigenvalue weighted by Crippen LogP contribution is -2.46. The third-order valence-corrected chi connectivity index (χ3v) is 14.0. The zero-order chi connectivity index (χ0) is 34.8. The van der Waals surface area contributed by atoms with Gasteiger partial charge in [-0.3, -0.25) is 19.4 Å². The molecule has 2 bridgehead atoms. The van der Waals surface area contributed by atoms with Crippen molar-refractivity contribution in [2.75, 3.05) is 37.7 Å². The van der Waals surface area contributed by atoms with Crippen molar-refractivity contribution in [3.8, 4) is 5.75 Å². The monoisotopic (exact) mass is 716 g/mol. The highest BCUT2D eigenvalue weighted by Gasteiger charge is 2.40. The van der Waals surface area contributed by atoms with Gasteiger partial charge in [0.25, 0.3) is 5.91 Å². The lowest BCUT2D eigenvalue weighted by atomic mass is 9.65. The number of hydrogen-bond acceptors (Lipinski definition) is 6. The standard InChI is InChI=1S/C41H53ClN4O3S/c1-4-6-30-19-36(42)11-13-37(30)35-25-46-24-33-9-12-38(33)32(22-45-18-16-29-15-17-43-21-34(29)23-45)8-5-7-27(2)28(3)50(48)44-41(47)31-10-14-40(49-26-35)39(46)20-31/h10-11,13-15,17,19-21,27-28,32-33,35,38H,4-9,12,16,18,22-26H2,1-3H3,(H,44,47). The van der Waals surface area contributed by atoms with Crippen LogP contribution >= 0.6 is 11.6 Å². The molecule has 268 valence electrons. The number of aromatic nitrogens is 1. The molecule has 1 saturated carbocycles.